The number of nitrogens with two attached hydrogens (primary N) is 1. The van der Waals surface area contributed by atoms with Gasteiger partial charge in [-0.3, -0.25) is 5.84 Å². The molecule has 82 valence electrons. The summed E-state index contributed by atoms with van der Waals surface area (Å²) in [6.07, 6.45) is 0. The van der Waals surface area contributed by atoms with E-state index in [1.807, 2.05) is 18.7 Å². The third kappa shape index (κ3) is 2.16. The SMILES string of the molecule is CC1CN(C(=O)N(C)C)C(C)CN1N. The van der Waals surface area contributed by atoms with Crippen LogP contribution < -0.4 is 5.84 Å². The Hall–Kier alpha value is -0.810. The average molecular weight is 200 g/mol. The molecule has 2 unspecified atom stereocenters. The second-order valence-corrected chi connectivity index (χ2v) is 4.22. The van der Waals surface area contributed by atoms with Crippen molar-refractivity contribution in [2.45, 2.75) is 25.9 Å². The van der Waals surface area contributed by atoms with E-state index in [1.54, 1.807) is 24.0 Å². The van der Waals surface area contributed by atoms with E-state index in [9.17, 15) is 4.79 Å². The van der Waals surface area contributed by atoms with Gasteiger partial charge in [-0.1, -0.05) is 0 Å². The lowest BCUT2D eigenvalue weighted by Crippen LogP contribution is -2.61. The van der Waals surface area contributed by atoms with Crippen LogP contribution in [0.3, 0.4) is 0 Å². The van der Waals surface area contributed by atoms with Crippen LogP contribution >= 0.6 is 0 Å². The molecule has 0 aliphatic carbocycles. The van der Waals surface area contributed by atoms with Gasteiger partial charge in [0.05, 0.1) is 0 Å². The van der Waals surface area contributed by atoms with Crippen molar-refractivity contribution in [1.29, 1.82) is 0 Å². The van der Waals surface area contributed by atoms with Gasteiger partial charge < -0.3 is 9.80 Å². The van der Waals surface area contributed by atoms with Crippen LogP contribution in [0, 0.1) is 0 Å². The fraction of sp³-hybridized carbons (Fsp3) is 0.889. The van der Waals surface area contributed by atoms with E-state index in [2.05, 4.69) is 0 Å². The molecule has 1 fully saturated rings. The predicted octanol–water partition coefficient (Wildman–Crippen LogP) is -0.0637. The number of hydrogen-bond donors (Lipinski definition) is 1. The summed E-state index contributed by atoms with van der Waals surface area (Å²) in [5, 5.41) is 1.80. The minimum Gasteiger partial charge on any atom is -0.331 e. The number of amides is 2. The van der Waals surface area contributed by atoms with Crippen molar-refractivity contribution in [3.8, 4) is 0 Å². The Kier molecular flexibility index (Phi) is 3.34. The molecule has 2 amide bonds. The lowest BCUT2D eigenvalue weighted by molar-refractivity contribution is 0.0544. The first-order chi connectivity index (χ1) is 6.43. The van der Waals surface area contributed by atoms with Crippen molar-refractivity contribution in [3.63, 3.8) is 0 Å². The van der Waals surface area contributed by atoms with Gasteiger partial charge in [-0.2, -0.15) is 0 Å². The smallest absolute Gasteiger partial charge is 0.319 e. The van der Waals surface area contributed by atoms with E-state index in [-0.39, 0.29) is 18.1 Å². The number of nitrogens with zero attached hydrogens (tertiary/aromatic N) is 3. The fourth-order valence-corrected chi connectivity index (χ4v) is 1.68. The van der Waals surface area contributed by atoms with Crippen molar-refractivity contribution >= 4 is 6.03 Å². The van der Waals surface area contributed by atoms with Gasteiger partial charge in [0, 0.05) is 39.3 Å². The van der Waals surface area contributed by atoms with Crippen molar-refractivity contribution in [1.82, 2.24) is 14.8 Å². The monoisotopic (exact) mass is 200 g/mol. The molecule has 0 radical (unpaired) electrons. The zero-order valence-corrected chi connectivity index (χ0v) is 9.40. The normalized spacial score (nSPS) is 29.1. The molecule has 0 aromatic rings. The zero-order valence-electron chi connectivity index (χ0n) is 9.40. The molecule has 14 heavy (non-hydrogen) atoms. The topological polar surface area (TPSA) is 52.8 Å². The number of hydrazine groups is 1. The van der Waals surface area contributed by atoms with E-state index < -0.39 is 0 Å². The second-order valence-electron chi connectivity index (χ2n) is 4.22. The third-order valence-electron chi connectivity index (χ3n) is 2.66. The van der Waals surface area contributed by atoms with Gasteiger partial charge in [-0.15, -0.1) is 0 Å². The first-order valence-electron chi connectivity index (χ1n) is 4.92. The van der Waals surface area contributed by atoms with Gasteiger partial charge in [0.2, 0.25) is 0 Å². The van der Waals surface area contributed by atoms with Crippen LogP contribution in [-0.2, 0) is 0 Å². The molecular formula is C9H20N4O. The van der Waals surface area contributed by atoms with Crippen molar-refractivity contribution in [2.24, 2.45) is 5.84 Å². The summed E-state index contributed by atoms with van der Waals surface area (Å²) in [7, 11) is 3.54. The lowest BCUT2D eigenvalue weighted by atomic mass is 10.1. The van der Waals surface area contributed by atoms with Gasteiger partial charge in [0.1, 0.15) is 0 Å². The quantitative estimate of drug-likeness (QED) is 0.557. The Bertz CT molecular complexity index is 219. The first kappa shape index (κ1) is 11.3. The van der Waals surface area contributed by atoms with E-state index in [0.717, 1.165) is 6.54 Å². The van der Waals surface area contributed by atoms with E-state index >= 15 is 0 Å². The van der Waals surface area contributed by atoms with Crippen molar-refractivity contribution < 1.29 is 4.79 Å². The highest BCUT2D eigenvalue weighted by molar-refractivity contribution is 5.74. The molecule has 0 aromatic carbocycles. The average Bonchev–Trinajstić information content (AvgIpc) is 2.10. The Morgan fingerprint density at radius 2 is 1.86 bits per heavy atom. The number of piperazine rings is 1. The maximum absolute atomic E-state index is 11.8. The number of rotatable bonds is 0. The van der Waals surface area contributed by atoms with Crippen LogP contribution in [0.5, 0.6) is 0 Å². The van der Waals surface area contributed by atoms with Crippen LogP contribution in [0.4, 0.5) is 4.79 Å². The molecule has 0 saturated carbocycles. The summed E-state index contributed by atoms with van der Waals surface area (Å²) in [5.74, 6) is 5.79. The molecule has 2 atom stereocenters. The largest absolute Gasteiger partial charge is 0.331 e. The third-order valence-corrected chi connectivity index (χ3v) is 2.66. The molecule has 1 rings (SSSR count). The lowest BCUT2D eigenvalue weighted by Gasteiger charge is -2.42. The summed E-state index contributed by atoms with van der Waals surface area (Å²) >= 11 is 0. The highest BCUT2D eigenvalue weighted by atomic mass is 16.2. The molecule has 1 aliphatic heterocycles. The molecule has 5 heteroatoms. The molecular weight excluding hydrogens is 180 g/mol. The van der Waals surface area contributed by atoms with E-state index in [0.29, 0.717) is 6.54 Å². The summed E-state index contributed by atoms with van der Waals surface area (Å²) in [5.41, 5.74) is 0. The summed E-state index contributed by atoms with van der Waals surface area (Å²) in [4.78, 5) is 15.2. The summed E-state index contributed by atoms with van der Waals surface area (Å²) in [6.45, 7) is 5.49. The highest BCUT2D eigenvalue weighted by Gasteiger charge is 2.30. The Morgan fingerprint density at radius 1 is 1.29 bits per heavy atom. The van der Waals surface area contributed by atoms with Crippen LogP contribution in [0.25, 0.3) is 0 Å². The first-order valence-corrected chi connectivity index (χ1v) is 4.92. The summed E-state index contributed by atoms with van der Waals surface area (Å²) in [6, 6.07) is 0.485. The number of carbonyl (C=O) groups excluding carboxylic acids is 1. The van der Waals surface area contributed by atoms with Gasteiger partial charge in [0.15, 0.2) is 0 Å². The van der Waals surface area contributed by atoms with Crippen LogP contribution in [0.1, 0.15) is 13.8 Å². The number of carbonyl (C=O) groups is 1. The maximum atomic E-state index is 11.8. The van der Waals surface area contributed by atoms with Gasteiger partial charge in [0.25, 0.3) is 0 Å². The molecule has 0 spiro atoms. The van der Waals surface area contributed by atoms with Crippen LogP contribution in [0.2, 0.25) is 0 Å². The second kappa shape index (κ2) is 4.14. The molecule has 2 N–H and O–H groups in total. The zero-order chi connectivity index (χ0) is 10.9. The predicted molar refractivity (Wildman–Crippen MR) is 55.6 cm³/mol. The molecule has 5 nitrogen and oxygen atoms in total. The fourth-order valence-electron chi connectivity index (χ4n) is 1.68. The Balaban J connectivity index is 2.66. The van der Waals surface area contributed by atoms with Crippen LogP contribution in [0.15, 0.2) is 0 Å². The minimum absolute atomic E-state index is 0.0671. The van der Waals surface area contributed by atoms with E-state index in [1.165, 1.54) is 0 Å². The Morgan fingerprint density at radius 3 is 2.36 bits per heavy atom. The Labute approximate surface area is 85.4 Å². The highest BCUT2D eigenvalue weighted by Crippen LogP contribution is 2.13. The molecule has 1 aliphatic rings. The number of urea groups is 1. The molecule has 0 bridgehead atoms. The standard InChI is InChI=1S/C9H20N4O/c1-7-6-13(10)8(2)5-12(7)9(14)11(3)4/h7-8H,5-6,10H2,1-4H3. The number of hydrogen-bond acceptors (Lipinski definition) is 3. The van der Waals surface area contributed by atoms with E-state index in [4.69, 9.17) is 5.84 Å². The van der Waals surface area contributed by atoms with Gasteiger partial charge in [-0.05, 0) is 13.8 Å². The van der Waals surface area contributed by atoms with Crippen molar-refractivity contribution in [2.75, 3.05) is 27.2 Å². The maximum Gasteiger partial charge on any atom is 0.319 e. The molecule has 0 aromatic heterocycles. The van der Waals surface area contributed by atoms with Crippen LogP contribution in [-0.4, -0.2) is 60.1 Å². The molecule has 1 saturated heterocycles. The molecule has 1 heterocycles. The van der Waals surface area contributed by atoms with Gasteiger partial charge >= 0.3 is 6.03 Å². The van der Waals surface area contributed by atoms with Gasteiger partial charge in [-0.25, -0.2) is 9.80 Å². The summed E-state index contributed by atoms with van der Waals surface area (Å²) < 4.78 is 0. The minimum atomic E-state index is 0.0671. The van der Waals surface area contributed by atoms with Crippen molar-refractivity contribution in [3.05, 3.63) is 0 Å².